The average Bonchev–Trinajstić information content (AvgIpc) is 3.43. The molecule has 1 amide bonds. The van der Waals surface area contributed by atoms with Crippen molar-refractivity contribution in [1.29, 1.82) is 0 Å². The lowest BCUT2D eigenvalue weighted by Crippen LogP contribution is -2.51. The summed E-state index contributed by atoms with van der Waals surface area (Å²) in [6.07, 6.45) is -2.15. The number of halogens is 3. The van der Waals surface area contributed by atoms with Gasteiger partial charge in [0, 0.05) is 25.2 Å². The number of amides is 1. The fourth-order valence-electron chi connectivity index (χ4n) is 5.74. The molecule has 11 nitrogen and oxygen atoms in total. The summed E-state index contributed by atoms with van der Waals surface area (Å²) >= 11 is 0. The summed E-state index contributed by atoms with van der Waals surface area (Å²) in [5.74, 6) is -1.17. The normalized spacial score (nSPS) is 27.3. The second-order valence-electron chi connectivity index (χ2n) is 12.6. The lowest BCUT2D eigenvalue weighted by atomic mass is 9.92. The van der Waals surface area contributed by atoms with Crippen LogP contribution in [0.4, 0.5) is 24.9 Å². The quantitative estimate of drug-likeness (QED) is 0.299. The van der Waals surface area contributed by atoms with Crippen molar-refractivity contribution in [2.75, 3.05) is 23.7 Å². The van der Waals surface area contributed by atoms with E-state index >= 15 is 0 Å². The molecular weight excluding hydrogens is 541 g/mol. The second-order valence-corrected chi connectivity index (χ2v) is 12.6. The molecule has 4 rings (SSSR count). The van der Waals surface area contributed by atoms with Gasteiger partial charge in [-0.3, -0.25) is 4.79 Å². The summed E-state index contributed by atoms with van der Waals surface area (Å²) in [4.78, 5) is 26.7. The van der Waals surface area contributed by atoms with Crippen molar-refractivity contribution in [1.82, 2.24) is 24.4 Å². The topological polar surface area (TPSA) is 154 Å². The Morgan fingerprint density at radius 2 is 1.83 bits per heavy atom. The SMILES string of the molecule is CCCN(C(=O)C(F)(F)F)[C@H]1C[C@@H](n2cnc3c(NCCC(C)(C)C)nc(NC4CCC(N)CC4)nc32)[C@H](O)[C@@H]1O. The molecule has 41 heavy (non-hydrogen) atoms. The van der Waals surface area contributed by atoms with Gasteiger partial charge in [-0.05, 0) is 50.4 Å². The maximum atomic E-state index is 13.4. The van der Waals surface area contributed by atoms with Crippen molar-refractivity contribution in [3.63, 3.8) is 0 Å². The number of anilines is 2. The number of nitrogens with two attached hydrogens (primary N) is 1. The van der Waals surface area contributed by atoms with E-state index in [0.29, 0.717) is 34.4 Å². The zero-order valence-corrected chi connectivity index (χ0v) is 24.2. The van der Waals surface area contributed by atoms with Gasteiger partial charge < -0.3 is 36.0 Å². The third-order valence-electron chi connectivity index (χ3n) is 8.04. The van der Waals surface area contributed by atoms with E-state index in [-0.39, 0.29) is 36.9 Å². The number of carbonyl (C=O) groups excluding carboxylic acids is 1. The summed E-state index contributed by atoms with van der Waals surface area (Å²) in [5, 5.41) is 28.6. The number of aliphatic hydroxyl groups excluding tert-OH is 2. The highest BCUT2D eigenvalue weighted by Gasteiger charge is 2.51. The third-order valence-corrected chi connectivity index (χ3v) is 8.04. The van der Waals surface area contributed by atoms with Gasteiger partial charge in [-0.1, -0.05) is 27.7 Å². The molecule has 2 saturated carbocycles. The Morgan fingerprint density at radius 3 is 2.44 bits per heavy atom. The number of aromatic nitrogens is 4. The van der Waals surface area contributed by atoms with Crippen LogP contribution >= 0.6 is 0 Å². The first kappa shape index (κ1) is 31.2. The molecule has 0 aliphatic heterocycles. The Labute approximate surface area is 238 Å². The van der Waals surface area contributed by atoms with Crippen molar-refractivity contribution >= 4 is 28.8 Å². The molecule has 14 heteroatoms. The van der Waals surface area contributed by atoms with E-state index < -0.39 is 36.4 Å². The molecule has 2 aliphatic carbocycles. The number of nitrogens with one attached hydrogen (secondary N) is 2. The summed E-state index contributed by atoms with van der Waals surface area (Å²) in [6, 6.07) is -1.78. The van der Waals surface area contributed by atoms with Gasteiger partial charge in [0.1, 0.15) is 12.2 Å². The first-order valence-electron chi connectivity index (χ1n) is 14.4. The van der Waals surface area contributed by atoms with Crippen molar-refractivity contribution in [2.45, 2.75) is 115 Å². The summed E-state index contributed by atoms with van der Waals surface area (Å²) in [5.41, 5.74) is 6.95. The third kappa shape index (κ3) is 7.20. The van der Waals surface area contributed by atoms with Gasteiger partial charge in [0.15, 0.2) is 17.0 Å². The van der Waals surface area contributed by atoms with Crippen molar-refractivity contribution in [3.8, 4) is 0 Å². The van der Waals surface area contributed by atoms with Crippen LogP contribution in [0.1, 0.15) is 78.7 Å². The number of hydrogen-bond acceptors (Lipinski definition) is 9. The first-order valence-corrected chi connectivity index (χ1v) is 14.4. The second kappa shape index (κ2) is 12.3. The van der Waals surface area contributed by atoms with E-state index in [4.69, 9.17) is 15.7 Å². The van der Waals surface area contributed by atoms with Crippen molar-refractivity contribution in [3.05, 3.63) is 6.33 Å². The average molecular weight is 585 g/mol. The molecule has 0 bridgehead atoms. The maximum Gasteiger partial charge on any atom is 0.471 e. The summed E-state index contributed by atoms with van der Waals surface area (Å²) in [7, 11) is 0. The number of rotatable bonds is 9. The highest BCUT2D eigenvalue weighted by Crippen LogP contribution is 2.38. The van der Waals surface area contributed by atoms with Crippen LogP contribution in [0.5, 0.6) is 0 Å². The van der Waals surface area contributed by atoms with E-state index in [2.05, 4.69) is 36.4 Å². The molecule has 2 aromatic heterocycles. The van der Waals surface area contributed by atoms with Crippen LogP contribution in [0.2, 0.25) is 0 Å². The van der Waals surface area contributed by atoms with Gasteiger partial charge in [-0.2, -0.15) is 23.1 Å². The Morgan fingerprint density at radius 1 is 1.15 bits per heavy atom. The molecule has 2 fully saturated rings. The van der Waals surface area contributed by atoms with Crippen LogP contribution in [0, 0.1) is 5.41 Å². The molecule has 0 saturated heterocycles. The van der Waals surface area contributed by atoms with E-state index in [0.717, 1.165) is 32.1 Å². The van der Waals surface area contributed by atoms with Crippen LogP contribution in [0.15, 0.2) is 6.33 Å². The number of imidazole rings is 1. The molecule has 230 valence electrons. The Bertz CT molecular complexity index is 1190. The molecule has 0 aromatic carbocycles. The Hall–Kier alpha value is -2.71. The van der Waals surface area contributed by atoms with Gasteiger partial charge in [0.25, 0.3) is 0 Å². The fraction of sp³-hybridized carbons (Fsp3) is 0.778. The minimum Gasteiger partial charge on any atom is -0.388 e. The monoisotopic (exact) mass is 584 g/mol. The van der Waals surface area contributed by atoms with Crippen LogP contribution in [-0.4, -0.2) is 90.1 Å². The summed E-state index contributed by atoms with van der Waals surface area (Å²) < 4.78 is 41.7. The highest BCUT2D eigenvalue weighted by atomic mass is 19.4. The number of hydrogen-bond donors (Lipinski definition) is 5. The van der Waals surface area contributed by atoms with Crippen molar-refractivity contribution < 1.29 is 28.2 Å². The van der Waals surface area contributed by atoms with Gasteiger partial charge >= 0.3 is 12.1 Å². The lowest BCUT2D eigenvalue weighted by Gasteiger charge is -2.31. The number of alkyl halides is 3. The zero-order valence-electron chi connectivity index (χ0n) is 24.2. The molecule has 2 aromatic rings. The van der Waals surface area contributed by atoms with E-state index in [9.17, 15) is 28.2 Å². The van der Waals surface area contributed by atoms with Gasteiger partial charge in [0.2, 0.25) is 5.95 Å². The molecule has 0 unspecified atom stereocenters. The molecular formula is C27H43F3N8O3. The lowest BCUT2D eigenvalue weighted by molar-refractivity contribution is -0.190. The van der Waals surface area contributed by atoms with Gasteiger partial charge in [-0.15, -0.1) is 0 Å². The molecule has 2 heterocycles. The summed E-state index contributed by atoms with van der Waals surface area (Å²) in [6.45, 7) is 8.47. The van der Waals surface area contributed by atoms with Crippen LogP contribution in [0.25, 0.3) is 11.2 Å². The number of carbonyl (C=O) groups is 1. The molecule has 0 radical (unpaired) electrons. The number of nitrogens with zero attached hydrogens (tertiary/aromatic N) is 5. The standard InChI is InChI=1S/C27H43F3N8O3/c1-5-12-37(24(41)27(28,29)30)17-13-18(21(40)20(17)39)38-14-33-19-22(32-11-10-26(2,3)4)35-25(36-23(19)38)34-16-8-6-15(31)7-9-16/h14-18,20-21,39-40H,5-13,31H2,1-4H3,(H2,32,34,35,36)/t15?,16?,17-,18+,20+,21-/m0/s1. The minimum absolute atomic E-state index is 0.0811. The van der Waals surface area contributed by atoms with Crippen molar-refractivity contribution in [2.24, 2.45) is 11.1 Å². The smallest absolute Gasteiger partial charge is 0.388 e. The largest absolute Gasteiger partial charge is 0.471 e. The van der Waals surface area contributed by atoms with Crippen LogP contribution in [-0.2, 0) is 4.79 Å². The maximum absolute atomic E-state index is 13.4. The van der Waals surface area contributed by atoms with E-state index in [1.54, 1.807) is 11.5 Å². The van der Waals surface area contributed by atoms with Gasteiger partial charge in [-0.25, -0.2) is 4.98 Å². The number of aliphatic hydroxyl groups is 2. The predicted molar refractivity (Wildman–Crippen MR) is 149 cm³/mol. The Balaban J connectivity index is 1.67. The molecule has 0 spiro atoms. The van der Waals surface area contributed by atoms with Crippen LogP contribution in [0.3, 0.4) is 0 Å². The highest BCUT2D eigenvalue weighted by molar-refractivity contribution is 5.84. The van der Waals surface area contributed by atoms with Crippen LogP contribution < -0.4 is 16.4 Å². The van der Waals surface area contributed by atoms with Gasteiger partial charge in [0.05, 0.1) is 18.4 Å². The fourth-order valence-corrected chi connectivity index (χ4v) is 5.74. The molecule has 4 atom stereocenters. The first-order chi connectivity index (χ1) is 19.2. The minimum atomic E-state index is -5.09. The Kier molecular flexibility index (Phi) is 9.34. The number of fused-ring (bicyclic) bond motifs is 1. The zero-order chi connectivity index (χ0) is 30.1. The van der Waals surface area contributed by atoms with E-state index in [1.807, 2.05) is 0 Å². The molecule has 2 aliphatic rings. The predicted octanol–water partition coefficient (Wildman–Crippen LogP) is 3.19. The molecule has 6 N–H and O–H groups in total. The van der Waals surface area contributed by atoms with E-state index in [1.165, 1.54) is 6.33 Å².